The molecule has 0 aromatic heterocycles. The fourth-order valence-corrected chi connectivity index (χ4v) is 2.84. The molecule has 0 unspecified atom stereocenters. The minimum absolute atomic E-state index is 0.0726. The summed E-state index contributed by atoms with van der Waals surface area (Å²) in [5.74, 6) is -2.37. The Kier molecular flexibility index (Phi) is 5.18. The van der Waals surface area contributed by atoms with Crippen LogP contribution in [0.15, 0.2) is 29.2 Å². The molecule has 10 heteroatoms. The lowest BCUT2D eigenvalue weighted by Crippen LogP contribution is -2.40. The van der Waals surface area contributed by atoms with Crippen LogP contribution >= 0.6 is 0 Å². The average Bonchev–Trinajstić information content (AvgIpc) is 2.34. The minimum Gasteiger partial charge on any atom is -0.480 e. The normalized spacial score (nSPS) is 13.7. The van der Waals surface area contributed by atoms with Gasteiger partial charge in [-0.2, -0.15) is 4.72 Å². The number of carboxylic acids is 1. The summed E-state index contributed by atoms with van der Waals surface area (Å²) in [6.45, 7) is 1.42. The van der Waals surface area contributed by atoms with Crippen molar-refractivity contribution in [3.63, 3.8) is 0 Å². The van der Waals surface area contributed by atoms with Crippen molar-refractivity contribution >= 4 is 16.0 Å². The van der Waals surface area contributed by atoms with Crippen LogP contribution < -0.4 is 9.46 Å². The van der Waals surface area contributed by atoms with E-state index in [1.165, 1.54) is 13.0 Å². The molecule has 0 fully saturated rings. The second kappa shape index (κ2) is 6.31. The molecule has 0 bridgehead atoms. The Morgan fingerprint density at radius 1 is 1.38 bits per heavy atom. The van der Waals surface area contributed by atoms with Crippen molar-refractivity contribution in [2.24, 2.45) is 0 Å². The monoisotopic (exact) mass is 327 g/mol. The Labute approximate surface area is 118 Å². The summed E-state index contributed by atoms with van der Waals surface area (Å²) >= 11 is 0. The van der Waals surface area contributed by atoms with Crippen molar-refractivity contribution in [3.8, 4) is 5.75 Å². The van der Waals surface area contributed by atoms with E-state index in [1.807, 2.05) is 4.72 Å². The molecule has 0 aliphatic rings. The standard InChI is InChI=1S/C11H12F3NO5S/c1-2-7(10(16)17)15-21(18,19)9-6-4-3-5-8(9)20-11(12,13)14/h3-7,15H,2H2,1H3,(H,16,17)/t7-/m1/s1. The summed E-state index contributed by atoms with van der Waals surface area (Å²) in [5, 5.41) is 8.80. The van der Waals surface area contributed by atoms with E-state index in [-0.39, 0.29) is 6.42 Å². The third-order valence-corrected chi connectivity index (χ3v) is 3.88. The Balaban J connectivity index is 3.17. The fourth-order valence-electron chi connectivity index (χ4n) is 1.44. The third-order valence-electron chi connectivity index (χ3n) is 2.37. The Bertz CT molecular complexity index is 615. The largest absolute Gasteiger partial charge is 0.573 e. The Morgan fingerprint density at radius 3 is 2.43 bits per heavy atom. The highest BCUT2D eigenvalue weighted by atomic mass is 32.2. The molecule has 1 aromatic rings. The van der Waals surface area contributed by atoms with Gasteiger partial charge in [0.05, 0.1) is 0 Å². The van der Waals surface area contributed by atoms with Crippen LogP contribution in [-0.4, -0.2) is 31.9 Å². The number of rotatable bonds is 6. The predicted molar refractivity (Wildman–Crippen MR) is 65.2 cm³/mol. The van der Waals surface area contributed by atoms with E-state index in [0.29, 0.717) is 0 Å². The molecule has 2 N–H and O–H groups in total. The number of ether oxygens (including phenoxy) is 1. The van der Waals surface area contributed by atoms with Crippen LogP contribution in [0.2, 0.25) is 0 Å². The first kappa shape index (κ1) is 17.2. The first-order chi connectivity index (χ1) is 9.57. The summed E-state index contributed by atoms with van der Waals surface area (Å²) in [4.78, 5) is 10.0. The third kappa shape index (κ3) is 4.90. The van der Waals surface area contributed by atoms with Gasteiger partial charge < -0.3 is 9.84 Å². The van der Waals surface area contributed by atoms with Gasteiger partial charge in [-0.05, 0) is 18.6 Å². The van der Waals surface area contributed by atoms with E-state index in [9.17, 15) is 26.4 Å². The van der Waals surface area contributed by atoms with E-state index < -0.39 is 39.0 Å². The Morgan fingerprint density at radius 2 is 1.95 bits per heavy atom. The number of carboxylic acid groups (broad SMARTS) is 1. The van der Waals surface area contributed by atoms with E-state index in [0.717, 1.165) is 18.2 Å². The van der Waals surface area contributed by atoms with Crippen molar-refractivity contribution in [1.82, 2.24) is 4.72 Å². The van der Waals surface area contributed by atoms with Crippen LogP contribution in [0.1, 0.15) is 13.3 Å². The molecule has 0 radical (unpaired) electrons. The number of nitrogens with one attached hydrogen (secondary N) is 1. The number of para-hydroxylation sites is 1. The van der Waals surface area contributed by atoms with E-state index in [4.69, 9.17) is 5.11 Å². The number of carbonyl (C=O) groups is 1. The lowest BCUT2D eigenvalue weighted by Gasteiger charge is -2.16. The SMILES string of the molecule is CC[C@@H](NS(=O)(=O)c1ccccc1OC(F)(F)F)C(=O)O. The van der Waals surface area contributed by atoms with E-state index >= 15 is 0 Å². The maximum atomic E-state index is 12.2. The minimum atomic E-state index is -5.07. The highest BCUT2D eigenvalue weighted by Gasteiger charge is 2.34. The highest BCUT2D eigenvalue weighted by Crippen LogP contribution is 2.29. The molecule has 1 atom stereocenters. The van der Waals surface area contributed by atoms with Gasteiger partial charge in [-0.15, -0.1) is 13.2 Å². The number of aliphatic carboxylic acids is 1. The van der Waals surface area contributed by atoms with Gasteiger partial charge in [0.2, 0.25) is 10.0 Å². The predicted octanol–water partition coefficient (Wildman–Crippen LogP) is 1.73. The van der Waals surface area contributed by atoms with Crippen molar-refractivity contribution in [2.45, 2.75) is 30.6 Å². The molecule has 0 saturated carbocycles. The zero-order valence-electron chi connectivity index (χ0n) is 10.7. The molecule has 0 aliphatic carbocycles. The van der Waals surface area contributed by atoms with Crippen LogP contribution in [0.25, 0.3) is 0 Å². The van der Waals surface area contributed by atoms with E-state index in [1.54, 1.807) is 0 Å². The molecule has 1 aromatic carbocycles. The Hall–Kier alpha value is -1.81. The molecular formula is C11H12F3NO5S. The summed E-state index contributed by atoms with van der Waals surface area (Å²) in [6, 6.07) is 2.62. The molecule has 0 aliphatic heterocycles. The van der Waals surface area contributed by atoms with Gasteiger partial charge in [-0.25, -0.2) is 8.42 Å². The van der Waals surface area contributed by atoms with Crippen LogP contribution in [0.3, 0.4) is 0 Å². The maximum Gasteiger partial charge on any atom is 0.573 e. The number of hydrogen-bond donors (Lipinski definition) is 2. The van der Waals surface area contributed by atoms with Crippen molar-refractivity contribution in [1.29, 1.82) is 0 Å². The molecule has 0 heterocycles. The lowest BCUT2D eigenvalue weighted by molar-refractivity contribution is -0.275. The van der Waals surface area contributed by atoms with Crippen molar-refractivity contribution in [2.75, 3.05) is 0 Å². The van der Waals surface area contributed by atoms with Crippen LogP contribution in [0.5, 0.6) is 5.75 Å². The summed E-state index contributed by atoms with van der Waals surface area (Å²) in [5.41, 5.74) is 0. The van der Waals surface area contributed by atoms with Gasteiger partial charge in [-0.1, -0.05) is 19.1 Å². The summed E-state index contributed by atoms with van der Waals surface area (Å²) in [6.07, 6.45) is -5.14. The topological polar surface area (TPSA) is 92.7 Å². The first-order valence-electron chi connectivity index (χ1n) is 5.66. The van der Waals surface area contributed by atoms with Crippen molar-refractivity contribution < 1.29 is 36.2 Å². The molecule has 118 valence electrons. The average molecular weight is 327 g/mol. The number of halogens is 3. The highest BCUT2D eigenvalue weighted by molar-refractivity contribution is 7.89. The molecule has 1 rings (SSSR count). The summed E-state index contributed by atoms with van der Waals surface area (Å²) in [7, 11) is -4.48. The molecule has 0 saturated heterocycles. The molecule has 6 nitrogen and oxygen atoms in total. The number of sulfonamides is 1. The van der Waals surface area contributed by atoms with Gasteiger partial charge >= 0.3 is 12.3 Å². The maximum absolute atomic E-state index is 12.2. The van der Waals surface area contributed by atoms with Crippen LogP contribution in [-0.2, 0) is 14.8 Å². The molecular weight excluding hydrogens is 315 g/mol. The van der Waals surface area contributed by atoms with E-state index in [2.05, 4.69) is 4.74 Å². The molecule has 0 spiro atoms. The quantitative estimate of drug-likeness (QED) is 0.830. The number of alkyl halides is 3. The number of hydrogen-bond acceptors (Lipinski definition) is 4. The van der Waals surface area contributed by atoms with Gasteiger partial charge in [0, 0.05) is 0 Å². The smallest absolute Gasteiger partial charge is 0.480 e. The molecule has 21 heavy (non-hydrogen) atoms. The second-order valence-corrected chi connectivity index (χ2v) is 5.60. The van der Waals surface area contributed by atoms with Gasteiger partial charge in [0.1, 0.15) is 16.7 Å². The zero-order chi connectivity index (χ0) is 16.3. The van der Waals surface area contributed by atoms with Gasteiger partial charge in [0.15, 0.2) is 0 Å². The number of benzene rings is 1. The van der Waals surface area contributed by atoms with Crippen LogP contribution in [0.4, 0.5) is 13.2 Å². The second-order valence-electron chi connectivity index (χ2n) is 3.91. The molecule has 0 amide bonds. The van der Waals surface area contributed by atoms with Gasteiger partial charge in [-0.3, -0.25) is 4.79 Å². The lowest BCUT2D eigenvalue weighted by atomic mass is 10.2. The fraction of sp³-hybridized carbons (Fsp3) is 0.364. The van der Waals surface area contributed by atoms with Gasteiger partial charge in [0.25, 0.3) is 0 Å². The first-order valence-corrected chi connectivity index (χ1v) is 7.15. The van der Waals surface area contributed by atoms with Crippen LogP contribution in [0, 0.1) is 0 Å². The van der Waals surface area contributed by atoms with Crippen molar-refractivity contribution in [3.05, 3.63) is 24.3 Å². The zero-order valence-corrected chi connectivity index (χ0v) is 11.5. The summed E-state index contributed by atoms with van der Waals surface area (Å²) < 4.78 is 66.1.